The Morgan fingerprint density at radius 3 is 1.92 bits per heavy atom. The van der Waals surface area contributed by atoms with E-state index >= 15 is 0 Å². The SMILES string of the molecule is CCCCOCCCOCCC[O]. The van der Waals surface area contributed by atoms with Crippen molar-refractivity contribution in [2.45, 2.75) is 32.6 Å². The van der Waals surface area contributed by atoms with Crippen molar-refractivity contribution < 1.29 is 14.6 Å². The maximum atomic E-state index is 10.0. The summed E-state index contributed by atoms with van der Waals surface area (Å²) in [5.41, 5.74) is 0. The molecule has 0 heterocycles. The summed E-state index contributed by atoms with van der Waals surface area (Å²) < 4.78 is 10.5. The van der Waals surface area contributed by atoms with Gasteiger partial charge in [0.2, 0.25) is 0 Å². The molecule has 0 rings (SSSR count). The second-order valence-electron chi connectivity index (χ2n) is 2.99. The normalized spacial score (nSPS) is 10.6. The van der Waals surface area contributed by atoms with Gasteiger partial charge in [-0.25, -0.2) is 5.11 Å². The molecular weight excluding hydrogens is 168 g/mol. The van der Waals surface area contributed by atoms with Gasteiger partial charge in [0.1, 0.15) is 0 Å². The van der Waals surface area contributed by atoms with E-state index in [0.717, 1.165) is 26.1 Å². The van der Waals surface area contributed by atoms with E-state index in [1.807, 2.05) is 0 Å². The van der Waals surface area contributed by atoms with E-state index in [2.05, 4.69) is 6.92 Å². The monoisotopic (exact) mass is 189 g/mol. The molecule has 0 amide bonds. The molecule has 0 unspecified atom stereocenters. The highest BCUT2D eigenvalue weighted by molar-refractivity contribution is 4.37. The first-order valence-electron chi connectivity index (χ1n) is 5.15. The third kappa shape index (κ3) is 11.9. The molecule has 3 nitrogen and oxygen atoms in total. The lowest BCUT2D eigenvalue weighted by molar-refractivity contribution is 0.0692. The number of hydrogen-bond acceptors (Lipinski definition) is 2. The zero-order valence-electron chi connectivity index (χ0n) is 8.59. The second kappa shape index (κ2) is 11.9. The molecule has 3 heteroatoms. The minimum atomic E-state index is -0.0347. The lowest BCUT2D eigenvalue weighted by Gasteiger charge is -2.03. The fourth-order valence-electron chi connectivity index (χ4n) is 0.875. The molecule has 0 aromatic carbocycles. The molecule has 0 spiro atoms. The molecule has 0 aromatic rings. The van der Waals surface area contributed by atoms with Gasteiger partial charge < -0.3 is 9.47 Å². The van der Waals surface area contributed by atoms with E-state index in [-0.39, 0.29) is 6.61 Å². The van der Waals surface area contributed by atoms with Crippen LogP contribution in [-0.2, 0) is 14.6 Å². The molecule has 0 aliphatic carbocycles. The topological polar surface area (TPSA) is 38.4 Å². The van der Waals surface area contributed by atoms with Crippen LogP contribution in [0.4, 0.5) is 0 Å². The molecule has 0 aliphatic heterocycles. The molecule has 1 radical (unpaired) electrons. The van der Waals surface area contributed by atoms with Gasteiger partial charge >= 0.3 is 0 Å². The molecule has 0 atom stereocenters. The molecule has 79 valence electrons. The van der Waals surface area contributed by atoms with E-state index < -0.39 is 0 Å². The van der Waals surface area contributed by atoms with Crippen LogP contribution >= 0.6 is 0 Å². The first-order chi connectivity index (χ1) is 6.41. The Morgan fingerprint density at radius 1 is 0.846 bits per heavy atom. The number of unbranched alkanes of at least 4 members (excludes halogenated alkanes) is 1. The quantitative estimate of drug-likeness (QED) is 0.493. The molecule has 13 heavy (non-hydrogen) atoms. The van der Waals surface area contributed by atoms with Crippen molar-refractivity contribution in [2.75, 3.05) is 33.0 Å². The lowest BCUT2D eigenvalue weighted by Crippen LogP contribution is -2.03. The summed E-state index contributed by atoms with van der Waals surface area (Å²) in [4.78, 5) is 0. The van der Waals surface area contributed by atoms with Crippen LogP contribution in [0, 0.1) is 0 Å². The summed E-state index contributed by atoms with van der Waals surface area (Å²) in [7, 11) is 0. The van der Waals surface area contributed by atoms with Crippen molar-refractivity contribution in [3.05, 3.63) is 0 Å². The zero-order chi connectivity index (χ0) is 9.78. The van der Waals surface area contributed by atoms with Crippen LogP contribution in [0.1, 0.15) is 32.6 Å². The number of ether oxygens (including phenoxy) is 2. The summed E-state index contributed by atoms with van der Waals surface area (Å²) in [6, 6.07) is 0. The molecule has 0 aromatic heterocycles. The van der Waals surface area contributed by atoms with Crippen molar-refractivity contribution in [2.24, 2.45) is 0 Å². The van der Waals surface area contributed by atoms with E-state index in [4.69, 9.17) is 9.47 Å². The average molecular weight is 189 g/mol. The van der Waals surface area contributed by atoms with E-state index in [1.54, 1.807) is 0 Å². The average Bonchev–Trinajstić information content (AvgIpc) is 2.16. The highest BCUT2D eigenvalue weighted by Crippen LogP contribution is 1.91. The Kier molecular flexibility index (Phi) is 11.8. The molecule has 0 bridgehead atoms. The molecular formula is C10H21O3. The van der Waals surface area contributed by atoms with Crippen LogP contribution < -0.4 is 0 Å². The van der Waals surface area contributed by atoms with Gasteiger partial charge in [-0.05, 0) is 19.3 Å². The number of hydrogen-bond donors (Lipinski definition) is 0. The molecule has 0 fully saturated rings. The van der Waals surface area contributed by atoms with Gasteiger partial charge in [-0.2, -0.15) is 0 Å². The maximum Gasteiger partial charge on any atom is 0.0844 e. The predicted octanol–water partition coefficient (Wildman–Crippen LogP) is 2.03. The van der Waals surface area contributed by atoms with Gasteiger partial charge in [0.25, 0.3) is 0 Å². The van der Waals surface area contributed by atoms with Gasteiger partial charge in [0.05, 0.1) is 6.61 Å². The fraction of sp³-hybridized carbons (Fsp3) is 1.00. The first-order valence-corrected chi connectivity index (χ1v) is 5.15. The summed E-state index contributed by atoms with van der Waals surface area (Å²) in [5, 5.41) is 10.0. The van der Waals surface area contributed by atoms with E-state index in [1.165, 1.54) is 6.42 Å². The Labute approximate surface area is 81.0 Å². The molecule has 0 saturated heterocycles. The number of rotatable bonds is 10. The maximum absolute atomic E-state index is 10.0. The van der Waals surface area contributed by atoms with E-state index in [0.29, 0.717) is 19.6 Å². The Bertz CT molecular complexity index is 76.2. The molecule has 0 aliphatic rings. The van der Waals surface area contributed by atoms with Crippen LogP contribution in [0.2, 0.25) is 0 Å². The minimum absolute atomic E-state index is 0.0347. The van der Waals surface area contributed by atoms with Crippen LogP contribution in [0.3, 0.4) is 0 Å². The van der Waals surface area contributed by atoms with E-state index in [9.17, 15) is 5.11 Å². The van der Waals surface area contributed by atoms with Gasteiger partial charge in [-0.1, -0.05) is 13.3 Å². The lowest BCUT2D eigenvalue weighted by atomic mass is 10.4. The van der Waals surface area contributed by atoms with Crippen molar-refractivity contribution in [3.63, 3.8) is 0 Å². The third-order valence-electron chi connectivity index (χ3n) is 1.65. The minimum Gasteiger partial charge on any atom is -0.381 e. The second-order valence-corrected chi connectivity index (χ2v) is 2.99. The van der Waals surface area contributed by atoms with Crippen molar-refractivity contribution in [1.29, 1.82) is 0 Å². The Hall–Kier alpha value is -0.120. The Morgan fingerprint density at radius 2 is 1.38 bits per heavy atom. The highest BCUT2D eigenvalue weighted by Gasteiger charge is 1.90. The first kappa shape index (κ1) is 12.9. The molecule has 0 saturated carbocycles. The highest BCUT2D eigenvalue weighted by atomic mass is 16.5. The van der Waals surface area contributed by atoms with Crippen molar-refractivity contribution in [3.8, 4) is 0 Å². The van der Waals surface area contributed by atoms with Crippen molar-refractivity contribution >= 4 is 0 Å². The third-order valence-corrected chi connectivity index (χ3v) is 1.65. The summed E-state index contributed by atoms with van der Waals surface area (Å²) >= 11 is 0. The molecule has 0 N–H and O–H groups in total. The van der Waals surface area contributed by atoms with Crippen molar-refractivity contribution in [1.82, 2.24) is 0 Å². The van der Waals surface area contributed by atoms with Gasteiger partial charge in [0, 0.05) is 26.4 Å². The zero-order valence-corrected chi connectivity index (χ0v) is 8.59. The summed E-state index contributed by atoms with van der Waals surface area (Å²) in [6.45, 7) is 5.06. The largest absolute Gasteiger partial charge is 0.381 e. The predicted molar refractivity (Wildman–Crippen MR) is 51.3 cm³/mol. The summed E-state index contributed by atoms with van der Waals surface area (Å²) in [6.07, 6.45) is 3.87. The van der Waals surface area contributed by atoms with Gasteiger partial charge in [-0.15, -0.1) is 0 Å². The van der Waals surface area contributed by atoms with Crippen LogP contribution in [0.15, 0.2) is 0 Å². The van der Waals surface area contributed by atoms with Crippen LogP contribution in [0.25, 0.3) is 0 Å². The smallest absolute Gasteiger partial charge is 0.0844 e. The van der Waals surface area contributed by atoms with Gasteiger partial charge in [0.15, 0.2) is 0 Å². The van der Waals surface area contributed by atoms with Crippen LogP contribution in [-0.4, -0.2) is 33.0 Å². The Balaban J connectivity index is 2.76. The fourth-order valence-corrected chi connectivity index (χ4v) is 0.875. The standard InChI is InChI=1S/C10H21O3/c1-2-3-7-12-9-5-10-13-8-4-6-11/h2-10H2,1H3. The van der Waals surface area contributed by atoms with Gasteiger partial charge in [-0.3, -0.25) is 0 Å². The summed E-state index contributed by atoms with van der Waals surface area (Å²) in [5.74, 6) is 0. The van der Waals surface area contributed by atoms with Crippen LogP contribution in [0.5, 0.6) is 0 Å².